The summed E-state index contributed by atoms with van der Waals surface area (Å²) in [6.07, 6.45) is 1.13. The first-order valence-electron chi connectivity index (χ1n) is 2.35. The highest BCUT2D eigenvalue weighted by molar-refractivity contribution is 6.41. The van der Waals surface area contributed by atoms with E-state index in [1.54, 1.807) is 0 Å². The lowest BCUT2D eigenvalue weighted by Gasteiger charge is -1.98. The van der Waals surface area contributed by atoms with Crippen LogP contribution in [-0.4, -0.2) is 0 Å². The normalized spacial score (nSPS) is 9.90. The summed E-state index contributed by atoms with van der Waals surface area (Å²) in [6, 6.07) is 1.40. The van der Waals surface area contributed by atoms with E-state index in [9.17, 15) is 5.21 Å². The predicted octanol–water partition coefficient (Wildman–Crippen LogP) is 2.28. The van der Waals surface area contributed by atoms with E-state index in [0.29, 0.717) is 4.73 Å². The van der Waals surface area contributed by atoms with Gasteiger partial charge in [-0.05, 0) is 17.7 Å². The van der Waals surface area contributed by atoms with E-state index >= 15 is 0 Å². The molecule has 0 spiro atoms. The van der Waals surface area contributed by atoms with E-state index in [2.05, 4.69) is 0 Å². The minimum atomic E-state index is -0.0638. The number of pyridine rings is 1. The zero-order chi connectivity index (χ0) is 7.72. The summed E-state index contributed by atoms with van der Waals surface area (Å²) in [6.45, 7) is 0. The van der Waals surface area contributed by atoms with Crippen molar-refractivity contribution in [3.63, 3.8) is 0 Å². The minimum absolute atomic E-state index is 0.0638. The molecular formula is C5H2Cl3NO. The second-order valence-electron chi connectivity index (χ2n) is 1.62. The van der Waals surface area contributed by atoms with Crippen LogP contribution in [0, 0.1) is 5.21 Å². The number of hydrogen-bond donors (Lipinski definition) is 0. The Balaban J connectivity index is 3.31. The van der Waals surface area contributed by atoms with Gasteiger partial charge in [0.2, 0.25) is 6.20 Å². The molecule has 54 valence electrons. The van der Waals surface area contributed by atoms with Gasteiger partial charge in [-0.2, -0.15) is 4.73 Å². The van der Waals surface area contributed by atoms with Crippen LogP contribution < -0.4 is 4.73 Å². The Labute approximate surface area is 72.5 Å². The van der Waals surface area contributed by atoms with E-state index < -0.39 is 0 Å². The number of rotatable bonds is 0. The van der Waals surface area contributed by atoms with Gasteiger partial charge in [-0.15, -0.1) is 0 Å². The van der Waals surface area contributed by atoms with Gasteiger partial charge in [0, 0.05) is 0 Å². The summed E-state index contributed by atoms with van der Waals surface area (Å²) in [5.74, 6) is 0. The SMILES string of the molecule is [O-][n+]1cc(Cl)cc(Cl)c1Cl. The van der Waals surface area contributed by atoms with Gasteiger partial charge in [-0.1, -0.05) is 23.2 Å². The van der Waals surface area contributed by atoms with Crippen molar-refractivity contribution < 1.29 is 4.73 Å². The minimum Gasteiger partial charge on any atom is -0.618 e. The maximum atomic E-state index is 10.7. The average Bonchev–Trinajstić information content (AvgIpc) is 1.82. The molecule has 0 atom stereocenters. The Morgan fingerprint density at radius 1 is 1.30 bits per heavy atom. The van der Waals surface area contributed by atoms with Gasteiger partial charge in [0.1, 0.15) is 10.0 Å². The zero-order valence-electron chi connectivity index (χ0n) is 4.64. The van der Waals surface area contributed by atoms with E-state index in [4.69, 9.17) is 34.8 Å². The third-order valence-electron chi connectivity index (χ3n) is 0.896. The van der Waals surface area contributed by atoms with E-state index in [1.807, 2.05) is 0 Å². The van der Waals surface area contributed by atoms with Crippen LogP contribution in [0.3, 0.4) is 0 Å². The van der Waals surface area contributed by atoms with E-state index in [1.165, 1.54) is 6.07 Å². The second-order valence-corrected chi connectivity index (χ2v) is 2.82. The van der Waals surface area contributed by atoms with Crippen molar-refractivity contribution in [3.05, 3.63) is 32.7 Å². The van der Waals surface area contributed by atoms with Crippen LogP contribution in [0.4, 0.5) is 0 Å². The summed E-state index contributed by atoms with van der Waals surface area (Å²) >= 11 is 16.3. The molecule has 5 heteroatoms. The molecule has 10 heavy (non-hydrogen) atoms. The van der Waals surface area contributed by atoms with Crippen molar-refractivity contribution in [2.24, 2.45) is 0 Å². The largest absolute Gasteiger partial charge is 0.618 e. The van der Waals surface area contributed by atoms with Crippen molar-refractivity contribution in [3.8, 4) is 0 Å². The Hall–Kier alpha value is -0.180. The fraction of sp³-hybridized carbons (Fsp3) is 0. The number of aromatic nitrogens is 1. The quantitative estimate of drug-likeness (QED) is 0.357. The van der Waals surface area contributed by atoms with Crippen LogP contribution in [0.25, 0.3) is 0 Å². The maximum absolute atomic E-state index is 10.7. The molecule has 0 bridgehead atoms. The molecule has 0 amide bonds. The second kappa shape index (κ2) is 2.82. The van der Waals surface area contributed by atoms with Crippen LogP contribution >= 0.6 is 34.8 Å². The third kappa shape index (κ3) is 1.45. The van der Waals surface area contributed by atoms with Crippen molar-refractivity contribution in [2.45, 2.75) is 0 Å². The Morgan fingerprint density at radius 2 is 1.90 bits per heavy atom. The van der Waals surface area contributed by atoms with E-state index in [0.717, 1.165) is 6.20 Å². The molecule has 0 N–H and O–H groups in total. The van der Waals surface area contributed by atoms with Crippen LogP contribution in [0.15, 0.2) is 12.3 Å². The highest BCUT2D eigenvalue weighted by Gasteiger charge is 2.08. The fourth-order valence-corrected chi connectivity index (χ4v) is 1.05. The highest BCUT2D eigenvalue weighted by Crippen LogP contribution is 2.20. The lowest BCUT2D eigenvalue weighted by atomic mass is 10.5. The van der Waals surface area contributed by atoms with Gasteiger partial charge in [0.25, 0.3) is 0 Å². The molecule has 0 fully saturated rings. The Morgan fingerprint density at radius 3 is 2.40 bits per heavy atom. The molecule has 0 radical (unpaired) electrons. The lowest BCUT2D eigenvalue weighted by Crippen LogP contribution is -2.26. The zero-order valence-corrected chi connectivity index (χ0v) is 6.91. The maximum Gasteiger partial charge on any atom is 0.305 e. The Kier molecular flexibility index (Phi) is 2.24. The van der Waals surface area contributed by atoms with Crippen molar-refractivity contribution in [1.29, 1.82) is 0 Å². The molecule has 0 saturated carbocycles. The van der Waals surface area contributed by atoms with Crippen LogP contribution in [-0.2, 0) is 0 Å². The summed E-state index contributed by atoms with van der Waals surface area (Å²) < 4.78 is 0.409. The molecule has 0 saturated heterocycles. The van der Waals surface area contributed by atoms with Crippen molar-refractivity contribution in [2.75, 3.05) is 0 Å². The molecule has 1 aromatic heterocycles. The topological polar surface area (TPSA) is 26.9 Å². The lowest BCUT2D eigenvalue weighted by molar-refractivity contribution is -0.602. The van der Waals surface area contributed by atoms with Crippen LogP contribution in [0.5, 0.6) is 0 Å². The molecule has 0 aliphatic rings. The molecule has 0 aliphatic carbocycles. The molecule has 1 heterocycles. The first-order chi connectivity index (χ1) is 4.61. The van der Waals surface area contributed by atoms with Crippen LogP contribution in [0.2, 0.25) is 15.2 Å². The van der Waals surface area contributed by atoms with E-state index in [-0.39, 0.29) is 15.2 Å². The molecule has 0 aromatic carbocycles. The molecule has 0 unspecified atom stereocenters. The Bertz CT molecular complexity index is 240. The molecule has 0 aliphatic heterocycles. The molecule has 1 rings (SSSR count). The summed E-state index contributed by atoms with van der Waals surface area (Å²) in [5.41, 5.74) is 0. The molecule has 2 nitrogen and oxygen atoms in total. The summed E-state index contributed by atoms with van der Waals surface area (Å²) in [7, 11) is 0. The van der Waals surface area contributed by atoms with Gasteiger partial charge in [-0.3, -0.25) is 0 Å². The standard InChI is InChI=1S/C5H2Cl3NO/c6-3-1-4(7)5(8)9(10)2-3/h1-2H. The predicted molar refractivity (Wildman–Crippen MR) is 40.4 cm³/mol. The number of nitrogens with zero attached hydrogens (tertiary/aromatic N) is 1. The molecule has 1 aromatic rings. The monoisotopic (exact) mass is 197 g/mol. The van der Waals surface area contributed by atoms with Crippen LogP contribution in [0.1, 0.15) is 0 Å². The highest BCUT2D eigenvalue weighted by atomic mass is 35.5. The smallest absolute Gasteiger partial charge is 0.305 e. The van der Waals surface area contributed by atoms with Gasteiger partial charge in [-0.25, -0.2) is 0 Å². The summed E-state index contributed by atoms with van der Waals surface area (Å²) in [4.78, 5) is 0. The van der Waals surface area contributed by atoms with Crippen molar-refractivity contribution in [1.82, 2.24) is 0 Å². The van der Waals surface area contributed by atoms with Gasteiger partial charge >= 0.3 is 5.15 Å². The molecular weight excluding hydrogens is 196 g/mol. The van der Waals surface area contributed by atoms with Gasteiger partial charge in [0.15, 0.2) is 0 Å². The van der Waals surface area contributed by atoms with Gasteiger partial charge < -0.3 is 5.21 Å². The number of halogens is 3. The number of hydrogen-bond acceptors (Lipinski definition) is 1. The van der Waals surface area contributed by atoms with Gasteiger partial charge in [0.05, 0.1) is 0 Å². The fourth-order valence-electron chi connectivity index (χ4n) is 0.492. The first kappa shape index (κ1) is 7.92. The third-order valence-corrected chi connectivity index (χ3v) is 1.86. The summed E-state index contributed by atoms with van der Waals surface area (Å²) in [5, 5.41) is 11.0. The van der Waals surface area contributed by atoms with Crippen molar-refractivity contribution >= 4 is 34.8 Å². The first-order valence-corrected chi connectivity index (χ1v) is 3.48. The average molecular weight is 198 g/mol.